The molecule has 0 unspecified atom stereocenters. The van der Waals surface area contributed by atoms with E-state index >= 15 is 0 Å². The lowest BCUT2D eigenvalue weighted by Gasteiger charge is -2.17. The van der Waals surface area contributed by atoms with Crippen molar-refractivity contribution in [2.24, 2.45) is 5.73 Å². The van der Waals surface area contributed by atoms with E-state index in [0.29, 0.717) is 19.6 Å². The number of carbonyl (C=O) groups is 1. The zero-order valence-corrected chi connectivity index (χ0v) is 10.5. The standard InChI is InChI=1S/C13H20N2O2/c1-15(13(16)4-3-9-17-2)12-7-5-11(10-14)6-8-12/h5-8H,3-4,9-10,14H2,1-2H3. The van der Waals surface area contributed by atoms with Gasteiger partial charge in [-0.3, -0.25) is 4.79 Å². The Labute approximate surface area is 102 Å². The van der Waals surface area contributed by atoms with Gasteiger partial charge in [0.05, 0.1) is 0 Å². The number of nitrogens with two attached hydrogens (primary N) is 1. The van der Waals surface area contributed by atoms with Crippen LogP contribution in [0.3, 0.4) is 0 Å². The predicted molar refractivity (Wildman–Crippen MR) is 68.9 cm³/mol. The predicted octanol–water partition coefficient (Wildman–Crippen LogP) is 1.53. The quantitative estimate of drug-likeness (QED) is 0.762. The van der Waals surface area contributed by atoms with Gasteiger partial charge in [-0.25, -0.2) is 0 Å². The molecule has 0 aliphatic carbocycles. The lowest BCUT2D eigenvalue weighted by Crippen LogP contribution is -2.26. The molecule has 0 bridgehead atoms. The van der Waals surface area contributed by atoms with Crippen molar-refractivity contribution in [2.75, 3.05) is 25.7 Å². The summed E-state index contributed by atoms with van der Waals surface area (Å²) in [4.78, 5) is 13.5. The normalized spacial score (nSPS) is 10.3. The molecule has 0 spiro atoms. The second kappa shape index (κ2) is 7.04. The summed E-state index contributed by atoms with van der Waals surface area (Å²) in [6.45, 7) is 1.14. The van der Waals surface area contributed by atoms with Gasteiger partial charge in [-0.1, -0.05) is 12.1 Å². The molecule has 0 atom stereocenters. The van der Waals surface area contributed by atoms with Crippen molar-refractivity contribution in [3.8, 4) is 0 Å². The van der Waals surface area contributed by atoms with Gasteiger partial charge in [0.15, 0.2) is 0 Å². The average molecular weight is 236 g/mol. The Kier molecular flexibility index (Phi) is 5.66. The molecule has 1 amide bonds. The molecule has 0 radical (unpaired) electrons. The third kappa shape index (κ3) is 4.17. The van der Waals surface area contributed by atoms with Crippen LogP contribution in [-0.4, -0.2) is 26.7 Å². The van der Waals surface area contributed by atoms with E-state index in [1.165, 1.54) is 0 Å². The zero-order valence-electron chi connectivity index (χ0n) is 10.5. The number of carbonyl (C=O) groups excluding carboxylic acids is 1. The molecule has 94 valence electrons. The molecule has 0 heterocycles. The first-order valence-electron chi connectivity index (χ1n) is 5.73. The van der Waals surface area contributed by atoms with Gasteiger partial charge in [0.1, 0.15) is 0 Å². The fourth-order valence-corrected chi connectivity index (χ4v) is 1.54. The lowest BCUT2D eigenvalue weighted by molar-refractivity contribution is -0.118. The summed E-state index contributed by atoms with van der Waals surface area (Å²) in [5, 5.41) is 0. The summed E-state index contributed by atoms with van der Waals surface area (Å²) < 4.78 is 4.92. The zero-order chi connectivity index (χ0) is 12.7. The van der Waals surface area contributed by atoms with Crippen LogP contribution in [0.4, 0.5) is 5.69 Å². The van der Waals surface area contributed by atoms with Crippen LogP contribution in [-0.2, 0) is 16.1 Å². The molecule has 1 rings (SSSR count). The second-order valence-electron chi connectivity index (χ2n) is 3.92. The largest absolute Gasteiger partial charge is 0.385 e. The Morgan fingerprint density at radius 2 is 2.00 bits per heavy atom. The average Bonchev–Trinajstić information content (AvgIpc) is 2.38. The maximum absolute atomic E-state index is 11.8. The molecule has 0 aromatic heterocycles. The number of anilines is 1. The number of hydrogen-bond donors (Lipinski definition) is 1. The Morgan fingerprint density at radius 3 is 2.53 bits per heavy atom. The Bertz CT molecular complexity index is 349. The summed E-state index contributed by atoms with van der Waals surface area (Å²) in [5.41, 5.74) is 7.48. The Balaban J connectivity index is 2.55. The minimum Gasteiger partial charge on any atom is -0.385 e. The van der Waals surface area contributed by atoms with Gasteiger partial charge in [-0.05, 0) is 24.1 Å². The van der Waals surface area contributed by atoms with Gasteiger partial charge in [-0.15, -0.1) is 0 Å². The highest BCUT2D eigenvalue weighted by atomic mass is 16.5. The van der Waals surface area contributed by atoms with Crippen LogP contribution < -0.4 is 10.6 Å². The van der Waals surface area contributed by atoms with E-state index in [2.05, 4.69) is 0 Å². The number of benzene rings is 1. The van der Waals surface area contributed by atoms with Crippen LogP contribution in [0, 0.1) is 0 Å². The Hall–Kier alpha value is -1.39. The third-order valence-corrected chi connectivity index (χ3v) is 2.67. The molecule has 0 saturated carbocycles. The molecule has 4 nitrogen and oxygen atoms in total. The first-order chi connectivity index (χ1) is 8.19. The highest BCUT2D eigenvalue weighted by Gasteiger charge is 2.09. The second-order valence-corrected chi connectivity index (χ2v) is 3.92. The van der Waals surface area contributed by atoms with Crippen LogP contribution in [0.1, 0.15) is 18.4 Å². The minimum absolute atomic E-state index is 0.0996. The topological polar surface area (TPSA) is 55.6 Å². The number of rotatable bonds is 6. The van der Waals surface area contributed by atoms with Gasteiger partial charge < -0.3 is 15.4 Å². The number of hydrogen-bond acceptors (Lipinski definition) is 3. The van der Waals surface area contributed by atoms with E-state index in [4.69, 9.17) is 10.5 Å². The maximum atomic E-state index is 11.8. The molecule has 0 fully saturated rings. The van der Waals surface area contributed by atoms with Crippen molar-refractivity contribution in [1.29, 1.82) is 0 Å². The number of ether oxygens (including phenoxy) is 1. The first-order valence-corrected chi connectivity index (χ1v) is 5.73. The van der Waals surface area contributed by atoms with Crippen molar-refractivity contribution in [1.82, 2.24) is 0 Å². The SMILES string of the molecule is COCCCC(=O)N(C)c1ccc(CN)cc1. The highest BCUT2D eigenvalue weighted by molar-refractivity contribution is 5.92. The van der Waals surface area contributed by atoms with Crippen molar-refractivity contribution in [2.45, 2.75) is 19.4 Å². The molecule has 0 aliphatic heterocycles. The lowest BCUT2D eigenvalue weighted by atomic mass is 10.2. The summed E-state index contributed by atoms with van der Waals surface area (Å²) >= 11 is 0. The number of nitrogens with zero attached hydrogens (tertiary/aromatic N) is 1. The molecule has 2 N–H and O–H groups in total. The summed E-state index contributed by atoms with van der Waals surface area (Å²) in [6.07, 6.45) is 1.25. The van der Waals surface area contributed by atoms with Crippen LogP contribution in [0.25, 0.3) is 0 Å². The fraction of sp³-hybridized carbons (Fsp3) is 0.462. The molecule has 4 heteroatoms. The maximum Gasteiger partial charge on any atom is 0.226 e. The molecular formula is C13H20N2O2. The summed E-state index contributed by atoms with van der Waals surface area (Å²) in [7, 11) is 3.42. The molecule has 0 saturated heterocycles. The van der Waals surface area contributed by atoms with Gasteiger partial charge in [0.2, 0.25) is 5.91 Å². The van der Waals surface area contributed by atoms with Crippen LogP contribution in [0.15, 0.2) is 24.3 Å². The van der Waals surface area contributed by atoms with E-state index in [-0.39, 0.29) is 5.91 Å². The first kappa shape index (κ1) is 13.7. The molecule has 17 heavy (non-hydrogen) atoms. The van der Waals surface area contributed by atoms with Crippen molar-refractivity contribution < 1.29 is 9.53 Å². The van der Waals surface area contributed by atoms with Crippen LogP contribution in [0.2, 0.25) is 0 Å². The van der Waals surface area contributed by atoms with Gasteiger partial charge >= 0.3 is 0 Å². The smallest absolute Gasteiger partial charge is 0.226 e. The van der Waals surface area contributed by atoms with Gasteiger partial charge in [0.25, 0.3) is 0 Å². The van der Waals surface area contributed by atoms with Gasteiger partial charge in [-0.2, -0.15) is 0 Å². The van der Waals surface area contributed by atoms with Crippen molar-refractivity contribution in [3.05, 3.63) is 29.8 Å². The van der Waals surface area contributed by atoms with E-state index in [1.54, 1.807) is 19.1 Å². The monoisotopic (exact) mass is 236 g/mol. The summed E-state index contributed by atoms with van der Waals surface area (Å²) in [6, 6.07) is 7.70. The molecule has 0 aliphatic rings. The molecule has 1 aromatic carbocycles. The van der Waals surface area contributed by atoms with E-state index in [1.807, 2.05) is 24.3 Å². The van der Waals surface area contributed by atoms with Gasteiger partial charge in [0, 0.05) is 39.4 Å². The van der Waals surface area contributed by atoms with Crippen LogP contribution in [0.5, 0.6) is 0 Å². The third-order valence-electron chi connectivity index (χ3n) is 2.67. The number of amides is 1. The molecule has 1 aromatic rings. The van der Waals surface area contributed by atoms with Crippen molar-refractivity contribution in [3.63, 3.8) is 0 Å². The fourth-order valence-electron chi connectivity index (χ4n) is 1.54. The van der Waals surface area contributed by atoms with E-state index < -0.39 is 0 Å². The minimum atomic E-state index is 0.0996. The Morgan fingerprint density at radius 1 is 1.35 bits per heavy atom. The highest BCUT2D eigenvalue weighted by Crippen LogP contribution is 2.14. The summed E-state index contributed by atoms with van der Waals surface area (Å²) in [5.74, 6) is 0.0996. The molecular weight excluding hydrogens is 216 g/mol. The van der Waals surface area contributed by atoms with Crippen molar-refractivity contribution >= 4 is 11.6 Å². The van der Waals surface area contributed by atoms with Crippen LogP contribution >= 0.6 is 0 Å². The van der Waals surface area contributed by atoms with E-state index in [0.717, 1.165) is 17.7 Å². The van der Waals surface area contributed by atoms with E-state index in [9.17, 15) is 4.79 Å². The number of methoxy groups -OCH3 is 1.